The average molecular weight is 431 g/mol. The van der Waals surface area contributed by atoms with Gasteiger partial charge in [-0.15, -0.1) is 0 Å². The van der Waals surface area contributed by atoms with Crippen molar-refractivity contribution in [1.29, 1.82) is 0 Å². The first-order valence-corrected chi connectivity index (χ1v) is 8.37. The molecule has 0 N–H and O–H groups in total. The maximum Gasteiger partial charge on any atom is 0.420 e. The molecule has 154 valence electrons. The summed E-state index contributed by atoms with van der Waals surface area (Å²) in [6, 6.07) is 2.24. The van der Waals surface area contributed by atoms with Gasteiger partial charge in [-0.05, 0) is 19.1 Å². The Hall–Kier alpha value is -3.14. The normalized spacial score (nSPS) is 11.4. The van der Waals surface area contributed by atoms with Crippen LogP contribution in [0.15, 0.2) is 30.6 Å². The van der Waals surface area contributed by atoms with Gasteiger partial charge in [-0.1, -0.05) is 11.6 Å². The summed E-state index contributed by atoms with van der Waals surface area (Å²) in [5, 5.41) is -0.192. The predicted octanol–water partition coefficient (Wildman–Crippen LogP) is 4.30. The number of aromatic nitrogens is 2. The molecule has 0 aliphatic heterocycles. The maximum atomic E-state index is 13.6. The van der Waals surface area contributed by atoms with Gasteiger partial charge in [-0.25, -0.2) is 14.6 Å². The van der Waals surface area contributed by atoms with Gasteiger partial charge in [-0.2, -0.15) is 13.2 Å². The highest BCUT2D eigenvalue weighted by Crippen LogP contribution is 2.40. The maximum absolute atomic E-state index is 13.6. The van der Waals surface area contributed by atoms with Crippen molar-refractivity contribution in [2.24, 2.45) is 0 Å². The number of nitrogens with zero attached hydrogens (tertiary/aromatic N) is 2. The largest absolute Gasteiger partial charge is 0.465 e. The molecule has 2 rings (SSSR count). The predicted molar refractivity (Wildman–Crippen MR) is 95.6 cm³/mol. The second-order valence-electron chi connectivity index (χ2n) is 5.30. The van der Waals surface area contributed by atoms with Crippen molar-refractivity contribution < 1.29 is 37.0 Å². The molecule has 0 atom stereocenters. The van der Waals surface area contributed by atoms with Crippen molar-refractivity contribution in [3.05, 3.63) is 52.4 Å². The Morgan fingerprint density at radius 1 is 1.24 bits per heavy atom. The highest BCUT2D eigenvalue weighted by atomic mass is 35.5. The Bertz CT molecular complexity index is 948. The van der Waals surface area contributed by atoms with E-state index in [9.17, 15) is 22.8 Å². The van der Waals surface area contributed by atoms with Gasteiger partial charge < -0.3 is 14.2 Å². The van der Waals surface area contributed by atoms with Gasteiger partial charge in [0.25, 0.3) is 0 Å². The fourth-order valence-corrected chi connectivity index (χ4v) is 2.39. The van der Waals surface area contributed by atoms with E-state index in [-0.39, 0.29) is 23.2 Å². The van der Waals surface area contributed by atoms with Crippen LogP contribution in [-0.4, -0.2) is 35.6 Å². The molecule has 29 heavy (non-hydrogen) atoms. The number of carbonyl (C=O) groups is 2. The molecule has 0 saturated carbocycles. The molecule has 0 spiro atoms. The number of methoxy groups -OCH3 is 1. The first-order chi connectivity index (χ1) is 13.7. The number of carbonyl (C=O) groups excluding carboxylic acids is 2. The highest BCUT2D eigenvalue weighted by molar-refractivity contribution is 6.29. The van der Waals surface area contributed by atoms with Crippen LogP contribution < -0.4 is 4.74 Å². The van der Waals surface area contributed by atoms with E-state index in [1.807, 2.05) is 0 Å². The van der Waals surface area contributed by atoms with Crippen molar-refractivity contribution in [3.8, 4) is 11.6 Å². The van der Waals surface area contributed by atoms with Crippen LogP contribution in [0.1, 0.15) is 28.4 Å². The number of halogens is 4. The molecule has 11 heteroatoms. The van der Waals surface area contributed by atoms with Crippen molar-refractivity contribution in [3.63, 3.8) is 0 Å². The Labute approximate surface area is 168 Å². The van der Waals surface area contributed by atoms with Crippen LogP contribution in [-0.2, 0) is 20.4 Å². The lowest BCUT2D eigenvalue weighted by Gasteiger charge is -2.15. The Balaban J connectivity index is 2.48. The number of hydrogen-bond acceptors (Lipinski definition) is 7. The van der Waals surface area contributed by atoms with E-state index in [2.05, 4.69) is 19.4 Å². The quantitative estimate of drug-likeness (QED) is 0.383. The fraction of sp³-hybridized carbons (Fsp3) is 0.222. The lowest BCUT2D eigenvalue weighted by molar-refractivity contribution is -0.139. The van der Waals surface area contributed by atoms with Gasteiger partial charge in [0.1, 0.15) is 10.7 Å². The zero-order valence-electron chi connectivity index (χ0n) is 15.1. The molecule has 0 saturated heterocycles. The van der Waals surface area contributed by atoms with Crippen LogP contribution in [0.25, 0.3) is 6.08 Å². The molecule has 2 aromatic heterocycles. The molecule has 0 unspecified atom stereocenters. The molecule has 0 amide bonds. The molecule has 7 nitrogen and oxygen atoms in total. The third-order valence-electron chi connectivity index (χ3n) is 3.32. The molecule has 2 aromatic rings. The number of pyridine rings is 2. The molecule has 0 aliphatic carbocycles. The smallest absolute Gasteiger partial charge is 0.420 e. The Morgan fingerprint density at radius 2 is 1.97 bits per heavy atom. The monoisotopic (exact) mass is 430 g/mol. The lowest BCUT2D eigenvalue weighted by atomic mass is 10.1. The first kappa shape index (κ1) is 22.2. The van der Waals surface area contributed by atoms with Gasteiger partial charge in [0.15, 0.2) is 5.75 Å². The van der Waals surface area contributed by atoms with Gasteiger partial charge in [0.2, 0.25) is 5.88 Å². The molecular weight excluding hydrogens is 417 g/mol. The van der Waals surface area contributed by atoms with Crippen LogP contribution >= 0.6 is 11.6 Å². The number of ether oxygens (including phenoxy) is 3. The van der Waals surface area contributed by atoms with E-state index in [4.69, 9.17) is 16.3 Å². The Kier molecular flexibility index (Phi) is 7.16. The summed E-state index contributed by atoms with van der Waals surface area (Å²) < 4.78 is 55.3. The second-order valence-corrected chi connectivity index (χ2v) is 5.68. The average Bonchev–Trinajstić information content (AvgIpc) is 2.64. The standard InChI is InChI=1S/C18H14ClF3N2O5/c1-3-28-15(25)5-4-10-8-23-9-12(16(10)18(20,21)22)29-14-7-11(17(26)27-2)6-13(19)24-14/h4-9H,3H2,1-2H3/b5-4+. The second kappa shape index (κ2) is 9.37. The van der Waals surface area contributed by atoms with Crippen LogP contribution in [0, 0.1) is 0 Å². The van der Waals surface area contributed by atoms with Crippen molar-refractivity contribution in [1.82, 2.24) is 9.97 Å². The van der Waals surface area contributed by atoms with E-state index >= 15 is 0 Å². The molecule has 0 aromatic carbocycles. The van der Waals surface area contributed by atoms with Crippen LogP contribution in [0.4, 0.5) is 13.2 Å². The minimum absolute atomic E-state index is 0.0672. The summed E-state index contributed by atoms with van der Waals surface area (Å²) >= 11 is 5.79. The summed E-state index contributed by atoms with van der Waals surface area (Å²) in [5.41, 5.74) is -1.70. The topological polar surface area (TPSA) is 87.6 Å². The van der Waals surface area contributed by atoms with Gasteiger partial charge in [-0.3, -0.25) is 4.98 Å². The zero-order chi connectivity index (χ0) is 21.6. The van der Waals surface area contributed by atoms with E-state index < -0.39 is 35.0 Å². The van der Waals surface area contributed by atoms with E-state index in [0.717, 1.165) is 37.7 Å². The summed E-state index contributed by atoms with van der Waals surface area (Å²) in [7, 11) is 1.13. The molecule has 0 aliphatic rings. The third-order valence-corrected chi connectivity index (χ3v) is 3.51. The zero-order valence-corrected chi connectivity index (χ0v) is 15.9. The molecule has 0 radical (unpaired) electrons. The number of rotatable bonds is 6. The number of alkyl halides is 3. The van der Waals surface area contributed by atoms with E-state index in [1.165, 1.54) is 6.07 Å². The van der Waals surface area contributed by atoms with Crippen LogP contribution in [0.5, 0.6) is 11.6 Å². The minimum Gasteiger partial charge on any atom is -0.465 e. The summed E-state index contributed by atoms with van der Waals surface area (Å²) in [6.45, 7) is 1.63. The SMILES string of the molecule is CCOC(=O)/C=C/c1cncc(Oc2cc(C(=O)OC)cc(Cl)n2)c1C(F)(F)F. The van der Waals surface area contributed by atoms with E-state index in [1.54, 1.807) is 6.92 Å². The highest BCUT2D eigenvalue weighted by Gasteiger charge is 2.37. The van der Waals surface area contributed by atoms with Crippen LogP contribution in [0.3, 0.4) is 0 Å². The summed E-state index contributed by atoms with van der Waals surface area (Å²) in [4.78, 5) is 30.5. The lowest BCUT2D eigenvalue weighted by Crippen LogP contribution is -2.11. The number of esters is 2. The van der Waals surface area contributed by atoms with Crippen molar-refractivity contribution >= 4 is 29.6 Å². The van der Waals surface area contributed by atoms with E-state index in [0.29, 0.717) is 0 Å². The van der Waals surface area contributed by atoms with Crippen molar-refractivity contribution in [2.45, 2.75) is 13.1 Å². The fourth-order valence-electron chi connectivity index (χ4n) is 2.19. The first-order valence-electron chi connectivity index (χ1n) is 7.99. The minimum atomic E-state index is -4.85. The van der Waals surface area contributed by atoms with Crippen molar-refractivity contribution in [2.75, 3.05) is 13.7 Å². The number of hydrogen-bond donors (Lipinski definition) is 0. The Morgan fingerprint density at radius 3 is 2.59 bits per heavy atom. The summed E-state index contributed by atoms with van der Waals surface area (Å²) in [6.07, 6.45) is -1.36. The molecule has 0 bridgehead atoms. The van der Waals surface area contributed by atoms with Gasteiger partial charge in [0, 0.05) is 23.9 Å². The molecule has 2 heterocycles. The van der Waals surface area contributed by atoms with Gasteiger partial charge >= 0.3 is 18.1 Å². The third kappa shape index (κ3) is 5.92. The molecule has 0 fully saturated rings. The summed E-state index contributed by atoms with van der Waals surface area (Å²) in [5.74, 6) is -2.67. The molecular formula is C18H14ClF3N2O5. The van der Waals surface area contributed by atoms with Crippen LogP contribution in [0.2, 0.25) is 5.15 Å². The van der Waals surface area contributed by atoms with Gasteiger partial charge in [0.05, 0.1) is 25.5 Å².